The van der Waals surface area contributed by atoms with E-state index < -0.39 is 0 Å². The number of para-hydroxylation sites is 1. The highest BCUT2D eigenvalue weighted by Crippen LogP contribution is 2.35. The van der Waals surface area contributed by atoms with Crippen molar-refractivity contribution in [3.8, 4) is 5.75 Å². The summed E-state index contributed by atoms with van der Waals surface area (Å²) in [6.45, 7) is 7.36. The van der Waals surface area contributed by atoms with Gasteiger partial charge in [0.25, 0.3) is 0 Å². The quantitative estimate of drug-likeness (QED) is 0.764. The Hall–Kier alpha value is -1.80. The molecule has 1 fully saturated rings. The molecule has 2 heteroatoms. The second-order valence-corrected chi connectivity index (χ2v) is 7.38. The van der Waals surface area contributed by atoms with E-state index in [1.54, 1.807) is 0 Å². The van der Waals surface area contributed by atoms with Crippen molar-refractivity contribution < 1.29 is 9.47 Å². The van der Waals surface area contributed by atoms with E-state index in [9.17, 15) is 0 Å². The lowest BCUT2D eigenvalue weighted by Crippen LogP contribution is -2.39. The largest absolute Gasteiger partial charge is 0.490 e. The monoisotopic (exact) mass is 310 g/mol. The molecule has 0 aliphatic heterocycles. The lowest BCUT2D eigenvalue weighted by molar-refractivity contribution is -0.0687. The number of ether oxygens (including phenoxy) is 2. The van der Waals surface area contributed by atoms with Gasteiger partial charge in [0.05, 0.1) is 12.7 Å². The summed E-state index contributed by atoms with van der Waals surface area (Å²) >= 11 is 0. The Morgan fingerprint density at radius 1 is 0.870 bits per heavy atom. The van der Waals surface area contributed by atoms with Crippen LogP contribution in [0.15, 0.2) is 54.6 Å². The highest BCUT2D eigenvalue weighted by Gasteiger charge is 2.32. The van der Waals surface area contributed by atoms with Crippen LogP contribution < -0.4 is 4.74 Å². The van der Waals surface area contributed by atoms with Gasteiger partial charge in [0, 0.05) is 12.8 Å². The van der Waals surface area contributed by atoms with Crippen molar-refractivity contribution in [3.05, 3.63) is 65.7 Å². The van der Waals surface area contributed by atoms with Crippen molar-refractivity contribution in [2.24, 2.45) is 0 Å². The van der Waals surface area contributed by atoms with Crippen molar-refractivity contribution in [3.63, 3.8) is 0 Å². The van der Waals surface area contributed by atoms with E-state index in [0.29, 0.717) is 12.7 Å². The minimum atomic E-state index is 0.101. The lowest BCUT2D eigenvalue weighted by atomic mass is 9.86. The van der Waals surface area contributed by atoms with Crippen LogP contribution in [0.5, 0.6) is 5.75 Å². The molecule has 0 heterocycles. The van der Waals surface area contributed by atoms with E-state index in [0.717, 1.165) is 18.6 Å². The van der Waals surface area contributed by atoms with Crippen LogP contribution in [0, 0.1) is 0 Å². The smallest absolute Gasteiger partial charge is 0.123 e. The zero-order valence-electron chi connectivity index (χ0n) is 14.3. The predicted molar refractivity (Wildman–Crippen MR) is 93.8 cm³/mol. The van der Waals surface area contributed by atoms with Crippen LogP contribution in [0.4, 0.5) is 0 Å². The van der Waals surface area contributed by atoms with Crippen LogP contribution in [-0.4, -0.2) is 12.2 Å². The van der Waals surface area contributed by atoms with Gasteiger partial charge >= 0.3 is 0 Å². The van der Waals surface area contributed by atoms with Gasteiger partial charge in [0.2, 0.25) is 0 Å². The maximum Gasteiger partial charge on any atom is 0.123 e. The summed E-state index contributed by atoms with van der Waals surface area (Å²) < 4.78 is 12.2. The summed E-state index contributed by atoms with van der Waals surface area (Å²) in [6.07, 6.45) is 2.55. The minimum absolute atomic E-state index is 0.101. The van der Waals surface area contributed by atoms with Gasteiger partial charge in [-0.3, -0.25) is 0 Å². The Bertz CT molecular complexity index is 622. The van der Waals surface area contributed by atoms with Gasteiger partial charge in [-0.15, -0.1) is 0 Å². The summed E-state index contributed by atoms with van der Waals surface area (Å²) in [5, 5.41) is 0. The molecule has 2 nitrogen and oxygen atoms in total. The van der Waals surface area contributed by atoms with Gasteiger partial charge in [-0.2, -0.15) is 0 Å². The highest BCUT2D eigenvalue weighted by molar-refractivity contribution is 5.38. The zero-order valence-corrected chi connectivity index (χ0v) is 14.3. The Labute approximate surface area is 139 Å². The molecule has 0 N–H and O–H groups in total. The van der Waals surface area contributed by atoms with Crippen LogP contribution in [-0.2, 0) is 16.8 Å². The first-order valence-electron chi connectivity index (χ1n) is 8.44. The molecule has 122 valence electrons. The molecule has 3 rings (SSSR count). The fourth-order valence-corrected chi connectivity index (χ4v) is 2.91. The SMILES string of the molecule is CC(C)(C)c1ccccc1O[C@H]1C[C@H](OCc2ccccc2)C1. The Morgan fingerprint density at radius 3 is 2.22 bits per heavy atom. The highest BCUT2D eigenvalue weighted by atomic mass is 16.5. The predicted octanol–water partition coefficient (Wildman–Crippen LogP) is 5.11. The third-order valence-electron chi connectivity index (χ3n) is 4.37. The molecule has 0 atom stereocenters. The average molecular weight is 310 g/mol. The molecule has 1 saturated carbocycles. The van der Waals surface area contributed by atoms with Crippen LogP contribution in [0.3, 0.4) is 0 Å². The molecular formula is C21H26O2. The molecule has 0 saturated heterocycles. The first kappa shape index (κ1) is 16.1. The molecule has 1 aliphatic carbocycles. The maximum absolute atomic E-state index is 6.21. The fourth-order valence-electron chi connectivity index (χ4n) is 2.91. The molecule has 0 unspecified atom stereocenters. The first-order chi connectivity index (χ1) is 11.0. The third-order valence-corrected chi connectivity index (χ3v) is 4.37. The summed E-state index contributed by atoms with van der Waals surface area (Å²) in [6, 6.07) is 18.7. The van der Waals surface area contributed by atoms with Gasteiger partial charge < -0.3 is 9.47 Å². The molecule has 1 aliphatic rings. The standard InChI is InChI=1S/C21H26O2/c1-21(2,3)19-11-7-8-12-20(19)23-18-13-17(14-18)22-15-16-9-5-4-6-10-16/h4-12,17-18H,13-15H2,1-3H3/t17-,18-. The van der Waals surface area contributed by atoms with E-state index in [1.165, 1.54) is 11.1 Å². The van der Waals surface area contributed by atoms with E-state index in [4.69, 9.17) is 9.47 Å². The van der Waals surface area contributed by atoms with E-state index in [2.05, 4.69) is 63.2 Å². The van der Waals surface area contributed by atoms with Crippen molar-refractivity contribution in [2.45, 2.75) is 57.8 Å². The normalized spacial score (nSPS) is 20.8. The Morgan fingerprint density at radius 2 is 1.52 bits per heavy atom. The van der Waals surface area contributed by atoms with E-state index in [-0.39, 0.29) is 11.5 Å². The lowest BCUT2D eigenvalue weighted by Gasteiger charge is -2.36. The van der Waals surface area contributed by atoms with Crippen molar-refractivity contribution in [2.75, 3.05) is 0 Å². The molecule has 0 aromatic heterocycles. The van der Waals surface area contributed by atoms with Crippen molar-refractivity contribution in [1.29, 1.82) is 0 Å². The number of hydrogen-bond donors (Lipinski definition) is 0. The average Bonchev–Trinajstić information content (AvgIpc) is 2.50. The van der Waals surface area contributed by atoms with E-state index >= 15 is 0 Å². The molecular weight excluding hydrogens is 284 g/mol. The fraction of sp³-hybridized carbons (Fsp3) is 0.429. The summed E-state index contributed by atoms with van der Waals surface area (Å²) in [4.78, 5) is 0. The van der Waals surface area contributed by atoms with Crippen LogP contribution in [0.1, 0.15) is 44.7 Å². The topological polar surface area (TPSA) is 18.5 Å². The van der Waals surface area contributed by atoms with Crippen LogP contribution in [0.2, 0.25) is 0 Å². The van der Waals surface area contributed by atoms with Gasteiger partial charge in [-0.25, -0.2) is 0 Å². The molecule has 23 heavy (non-hydrogen) atoms. The number of benzene rings is 2. The molecule has 0 amide bonds. The maximum atomic E-state index is 6.21. The van der Waals surface area contributed by atoms with Crippen LogP contribution >= 0.6 is 0 Å². The Balaban J connectivity index is 1.49. The molecule has 0 radical (unpaired) electrons. The second-order valence-electron chi connectivity index (χ2n) is 7.38. The second kappa shape index (κ2) is 6.76. The molecule has 0 bridgehead atoms. The number of hydrogen-bond acceptors (Lipinski definition) is 2. The van der Waals surface area contributed by atoms with Crippen LogP contribution in [0.25, 0.3) is 0 Å². The zero-order chi connectivity index (χ0) is 16.3. The van der Waals surface area contributed by atoms with Crippen molar-refractivity contribution in [1.82, 2.24) is 0 Å². The third kappa shape index (κ3) is 4.14. The molecule has 2 aromatic rings. The van der Waals surface area contributed by atoms with Gasteiger partial charge in [-0.05, 0) is 22.6 Å². The first-order valence-corrected chi connectivity index (χ1v) is 8.44. The van der Waals surface area contributed by atoms with Crippen molar-refractivity contribution >= 4 is 0 Å². The van der Waals surface area contributed by atoms with Gasteiger partial charge in [0.1, 0.15) is 11.9 Å². The molecule has 0 spiro atoms. The van der Waals surface area contributed by atoms with Gasteiger partial charge in [-0.1, -0.05) is 69.3 Å². The number of rotatable bonds is 5. The summed E-state index contributed by atoms with van der Waals surface area (Å²) in [5.74, 6) is 1.02. The van der Waals surface area contributed by atoms with Gasteiger partial charge in [0.15, 0.2) is 0 Å². The summed E-state index contributed by atoms with van der Waals surface area (Å²) in [5.41, 5.74) is 2.60. The minimum Gasteiger partial charge on any atom is -0.490 e. The summed E-state index contributed by atoms with van der Waals surface area (Å²) in [7, 11) is 0. The molecule has 2 aromatic carbocycles. The Kier molecular flexibility index (Phi) is 4.72. The van der Waals surface area contributed by atoms with E-state index in [1.807, 2.05) is 12.1 Å².